The molecule has 0 unspecified atom stereocenters. The summed E-state index contributed by atoms with van der Waals surface area (Å²) in [5.41, 5.74) is 0.528. The van der Waals surface area contributed by atoms with Crippen LogP contribution in [-0.2, 0) is 0 Å². The number of nitrogens with one attached hydrogen (secondary N) is 1. The van der Waals surface area contributed by atoms with E-state index in [9.17, 15) is 20.2 Å². The van der Waals surface area contributed by atoms with E-state index in [0.29, 0.717) is 5.56 Å². The van der Waals surface area contributed by atoms with Gasteiger partial charge in [-0.1, -0.05) is 23.2 Å². The minimum absolute atomic E-state index is 0.0219. The van der Waals surface area contributed by atoms with Crippen LogP contribution < -0.4 is 14.9 Å². The molecule has 1 aromatic heterocycles. The number of ether oxygens (including phenoxy) is 1. The summed E-state index contributed by atoms with van der Waals surface area (Å²) in [5, 5.41) is 23.7. The fraction of sp³-hybridized carbons (Fsp3) is 0.286. The van der Waals surface area contributed by atoms with Crippen LogP contribution in [0.25, 0.3) is 0 Å². The Morgan fingerprint density at radius 3 is 2.52 bits per heavy atom. The number of nitrogens with zero attached hydrogens (tertiary/aromatic N) is 4. The first-order valence-electron chi connectivity index (χ1n) is 7.36. The third kappa shape index (κ3) is 5.28. The van der Waals surface area contributed by atoms with E-state index in [0.717, 1.165) is 0 Å². The Bertz CT molecular complexity index is 895. The summed E-state index contributed by atoms with van der Waals surface area (Å²) in [6.45, 7) is 3.33. The van der Waals surface area contributed by atoms with E-state index in [1.54, 1.807) is 13.0 Å². The van der Waals surface area contributed by atoms with Crippen LogP contribution in [0.1, 0.15) is 11.3 Å². The number of hydrogen-bond acceptors (Lipinski definition) is 9. The maximum Gasteiger partial charge on any atom is 0.312 e. The average molecular weight is 418 g/mol. The molecular weight excluding hydrogens is 405 g/mol. The summed E-state index contributed by atoms with van der Waals surface area (Å²) in [7, 11) is 0. The second kappa shape index (κ2) is 8.64. The summed E-state index contributed by atoms with van der Waals surface area (Å²) < 4.78 is 5.48. The number of benzene rings is 1. The van der Waals surface area contributed by atoms with Crippen molar-refractivity contribution in [2.45, 2.75) is 13.8 Å². The van der Waals surface area contributed by atoms with Crippen LogP contribution in [0.5, 0.6) is 11.8 Å². The molecule has 2 aromatic rings. The Morgan fingerprint density at radius 2 is 1.89 bits per heavy atom. The van der Waals surface area contributed by atoms with E-state index in [1.807, 2.05) is 0 Å². The van der Waals surface area contributed by atoms with Crippen LogP contribution in [0.15, 0.2) is 12.1 Å². The highest BCUT2D eigenvalue weighted by molar-refractivity contribution is 6.33. The average Bonchev–Trinajstić information content (AvgIpc) is 2.55. The molecule has 27 heavy (non-hydrogen) atoms. The Hall–Kier alpha value is -2.92. The van der Waals surface area contributed by atoms with Gasteiger partial charge < -0.3 is 10.1 Å². The molecule has 144 valence electrons. The van der Waals surface area contributed by atoms with Gasteiger partial charge in [-0.15, -0.1) is 10.1 Å². The largest absolute Gasteiger partial charge is 0.485 e. The van der Waals surface area contributed by atoms with Gasteiger partial charge in [0.25, 0.3) is 0 Å². The molecule has 1 heterocycles. The molecule has 0 aliphatic carbocycles. The molecule has 13 heteroatoms. The van der Waals surface area contributed by atoms with Crippen molar-refractivity contribution >= 4 is 34.7 Å². The van der Waals surface area contributed by atoms with Crippen LogP contribution in [0.3, 0.4) is 0 Å². The number of aryl methyl sites for hydroxylation is 2. The lowest BCUT2D eigenvalue weighted by atomic mass is 10.2. The van der Waals surface area contributed by atoms with Gasteiger partial charge in [0.1, 0.15) is 11.6 Å². The molecule has 11 nitrogen and oxygen atoms in total. The van der Waals surface area contributed by atoms with Gasteiger partial charge >= 0.3 is 16.8 Å². The van der Waals surface area contributed by atoms with Crippen LogP contribution in [0.2, 0.25) is 10.0 Å². The number of hydrogen-bond donors (Lipinski definition) is 1. The molecule has 0 radical (unpaired) electrons. The molecule has 2 rings (SSSR count). The van der Waals surface area contributed by atoms with Crippen LogP contribution in [-0.4, -0.2) is 33.1 Å². The standard InChI is InChI=1S/C14H13Cl2N5O6/c1-7-5-9(15)6-10(20(22)23)12(7)26-4-3-17-13-11(16)8(2)18-14(19-13)27-21(24)25/h5-6H,3-4H2,1-2H3,(H,17,18,19). The molecule has 0 bridgehead atoms. The van der Waals surface area contributed by atoms with Gasteiger partial charge in [-0.3, -0.25) is 10.1 Å². The molecule has 0 fully saturated rings. The zero-order valence-electron chi connectivity index (χ0n) is 14.1. The van der Waals surface area contributed by atoms with Gasteiger partial charge in [0.2, 0.25) is 0 Å². The van der Waals surface area contributed by atoms with Crippen molar-refractivity contribution in [1.82, 2.24) is 9.97 Å². The van der Waals surface area contributed by atoms with Crippen LogP contribution >= 0.6 is 23.2 Å². The first-order valence-corrected chi connectivity index (χ1v) is 8.12. The monoisotopic (exact) mass is 417 g/mol. The van der Waals surface area contributed by atoms with E-state index < -0.39 is 16.0 Å². The molecular formula is C14H13Cl2N5O6. The third-order valence-corrected chi connectivity index (χ3v) is 3.88. The van der Waals surface area contributed by atoms with Crippen molar-refractivity contribution in [3.63, 3.8) is 0 Å². The normalized spacial score (nSPS) is 10.4. The highest BCUT2D eigenvalue weighted by Crippen LogP contribution is 2.34. The van der Waals surface area contributed by atoms with Gasteiger partial charge in [-0.25, -0.2) is 9.82 Å². The quantitative estimate of drug-likeness (QED) is 0.388. The molecule has 0 amide bonds. The zero-order valence-corrected chi connectivity index (χ0v) is 15.6. The fourth-order valence-corrected chi connectivity index (χ4v) is 2.53. The minimum Gasteiger partial charge on any atom is -0.485 e. The van der Waals surface area contributed by atoms with E-state index in [4.69, 9.17) is 27.9 Å². The molecule has 0 saturated carbocycles. The zero-order chi connectivity index (χ0) is 20.1. The number of anilines is 1. The predicted octanol–water partition coefficient (Wildman–Crippen LogP) is 3.37. The van der Waals surface area contributed by atoms with Crippen LogP contribution in [0, 0.1) is 34.1 Å². The second-order valence-corrected chi connectivity index (χ2v) is 5.99. The fourth-order valence-electron chi connectivity index (χ4n) is 2.12. The van der Waals surface area contributed by atoms with Gasteiger partial charge in [-0.2, -0.15) is 4.98 Å². The first-order chi connectivity index (χ1) is 12.7. The minimum atomic E-state index is -1.04. The Kier molecular flexibility index (Phi) is 6.53. The molecule has 0 spiro atoms. The van der Waals surface area contributed by atoms with Gasteiger partial charge in [-0.05, 0) is 25.5 Å². The highest BCUT2D eigenvalue weighted by atomic mass is 35.5. The lowest BCUT2D eigenvalue weighted by Gasteiger charge is -2.12. The Balaban J connectivity index is 2.07. The number of rotatable bonds is 8. The summed E-state index contributed by atoms with van der Waals surface area (Å²) >= 11 is 11.9. The number of halogens is 2. The van der Waals surface area contributed by atoms with Gasteiger partial charge in [0.15, 0.2) is 11.6 Å². The van der Waals surface area contributed by atoms with Gasteiger partial charge in [0.05, 0.1) is 17.2 Å². The maximum absolute atomic E-state index is 11.1. The highest BCUT2D eigenvalue weighted by Gasteiger charge is 2.19. The molecule has 0 aliphatic heterocycles. The summed E-state index contributed by atoms with van der Waals surface area (Å²) in [6.07, 6.45) is 0. The number of nitro benzene ring substituents is 1. The van der Waals surface area contributed by atoms with Crippen LogP contribution in [0.4, 0.5) is 11.5 Å². The van der Waals surface area contributed by atoms with E-state index in [1.165, 1.54) is 13.0 Å². The Morgan fingerprint density at radius 1 is 1.19 bits per heavy atom. The summed E-state index contributed by atoms with van der Waals surface area (Å²) in [5.74, 6) is 0.195. The molecule has 0 aliphatic rings. The Labute approximate surface area is 162 Å². The number of nitro groups is 1. The van der Waals surface area contributed by atoms with Crippen molar-refractivity contribution in [2.75, 3.05) is 18.5 Å². The second-order valence-electron chi connectivity index (χ2n) is 5.17. The van der Waals surface area contributed by atoms with Crippen molar-refractivity contribution in [3.8, 4) is 11.8 Å². The third-order valence-electron chi connectivity index (χ3n) is 3.21. The molecule has 1 N–H and O–H groups in total. The summed E-state index contributed by atoms with van der Waals surface area (Å²) in [6, 6.07) is 2.27. The SMILES string of the molecule is Cc1cc(Cl)cc([N+](=O)[O-])c1OCCNc1nc(O[N+](=O)[O-])nc(C)c1Cl. The maximum atomic E-state index is 11.1. The predicted molar refractivity (Wildman–Crippen MR) is 96.2 cm³/mol. The summed E-state index contributed by atoms with van der Waals surface area (Å²) in [4.78, 5) is 32.7. The van der Waals surface area contributed by atoms with Crippen molar-refractivity contribution < 1.29 is 19.6 Å². The molecule has 0 saturated heterocycles. The molecule has 0 atom stereocenters. The van der Waals surface area contributed by atoms with Crippen molar-refractivity contribution in [3.05, 3.63) is 53.7 Å². The smallest absolute Gasteiger partial charge is 0.312 e. The van der Waals surface area contributed by atoms with E-state index >= 15 is 0 Å². The first kappa shape index (κ1) is 20.4. The van der Waals surface area contributed by atoms with Gasteiger partial charge in [0, 0.05) is 11.1 Å². The van der Waals surface area contributed by atoms with E-state index in [-0.39, 0.29) is 46.1 Å². The topological polar surface area (TPSA) is 143 Å². The number of aromatic nitrogens is 2. The van der Waals surface area contributed by atoms with E-state index in [2.05, 4.69) is 20.1 Å². The lowest BCUT2D eigenvalue weighted by molar-refractivity contribution is -0.713. The van der Waals surface area contributed by atoms with Crippen molar-refractivity contribution in [2.24, 2.45) is 0 Å². The molecule has 1 aromatic carbocycles. The van der Waals surface area contributed by atoms with Crippen molar-refractivity contribution in [1.29, 1.82) is 0 Å². The lowest BCUT2D eigenvalue weighted by Crippen LogP contribution is -2.15.